The molecule has 0 unspecified atom stereocenters. The Morgan fingerprint density at radius 1 is 1.04 bits per heavy atom. The largest absolute Gasteiger partial charge is 0.447 e. The molecule has 14 nitrogen and oxygen atoms in total. The molecule has 3 heterocycles. The Bertz CT molecular complexity index is 1590. The Kier molecular flexibility index (Phi) is 10.1. The van der Waals surface area contributed by atoms with Gasteiger partial charge in [0.25, 0.3) is 5.91 Å². The number of hydrogen-bond acceptors (Lipinski definition) is 9. The Morgan fingerprint density at radius 3 is 2.47 bits per heavy atom. The van der Waals surface area contributed by atoms with E-state index in [1.807, 2.05) is 36.4 Å². The molecule has 1 aromatic carbocycles. The molecular formula is C33H42FN5O9S. The first kappa shape index (κ1) is 34.6. The lowest BCUT2D eigenvalue weighted by molar-refractivity contribution is -0.141. The quantitative estimate of drug-likeness (QED) is 0.359. The summed E-state index contributed by atoms with van der Waals surface area (Å²) in [7, 11) is -3.91. The fourth-order valence-electron chi connectivity index (χ4n) is 6.84. The third-order valence-corrected chi connectivity index (χ3v) is 11.6. The maximum atomic E-state index is 14.1. The number of rotatable bonds is 7. The van der Waals surface area contributed by atoms with Crippen molar-refractivity contribution >= 4 is 39.9 Å². The summed E-state index contributed by atoms with van der Waals surface area (Å²) in [6.45, 7) is -0.871. The lowest BCUT2D eigenvalue weighted by Gasteiger charge is -2.29. The van der Waals surface area contributed by atoms with Crippen LogP contribution in [0.5, 0.6) is 0 Å². The number of allylic oxidation sites excluding steroid dienone is 1. The van der Waals surface area contributed by atoms with Crippen LogP contribution in [0, 0.1) is 5.92 Å². The van der Waals surface area contributed by atoms with Crippen molar-refractivity contribution in [1.29, 1.82) is 0 Å². The van der Waals surface area contributed by atoms with E-state index in [2.05, 4.69) is 15.4 Å². The van der Waals surface area contributed by atoms with Crippen LogP contribution in [0.4, 0.5) is 14.0 Å². The van der Waals surface area contributed by atoms with Crippen LogP contribution < -0.4 is 15.4 Å². The molecule has 0 aromatic heterocycles. The third kappa shape index (κ3) is 7.84. The van der Waals surface area contributed by atoms with Crippen LogP contribution in [0.2, 0.25) is 0 Å². The molecule has 2 saturated carbocycles. The van der Waals surface area contributed by atoms with Gasteiger partial charge in [-0.2, -0.15) is 0 Å². The molecule has 16 heteroatoms. The van der Waals surface area contributed by atoms with Gasteiger partial charge in [-0.3, -0.25) is 24.0 Å². The number of benzene rings is 1. The standard InChI is InChI=1S/C33H42FN5O9S/c34-14-15-47-31(43)35-26-11-5-3-1-2-4-10-23-17-33(23,30(42)37-49(45,46)25-12-13-25)36-28(40)27-16-24(20-39(27)29(26)41)48-32(44)38-18-21-8-6-7-9-22(21)19-38/h4,6-10,23-27H,1-3,5,11-20H2,(H,35,43)(H,36,40)(H,37,42)/b10-4-/t23-,24+,26-,27-,33+/m0/s1. The lowest BCUT2D eigenvalue weighted by atomic mass is 10.1. The van der Waals surface area contributed by atoms with Gasteiger partial charge in [0.15, 0.2) is 0 Å². The smallest absolute Gasteiger partial charge is 0.410 e. The maximum Gasteiger partial charge on any atom is 0.410 e. The molecule has 49 heavy (non-hydrogen) atoms. The highest BCUT2D eigenvalue weighted by molar-refractivity contribution is 7.91. The van der Waals surface area contributed by atoms with E-state index in [-0.39, 0.29) is 25.8 Å². The summed E-state index contributed by atoms with van der Waals surface area (Å²) in [5.41, 5.74) is 0.429. The molecule has 0 radical (unpaired) electrons. The summed E-state index contributed by atoms with van der Waals surface area (Å²) in [5, 5.41) is 4.63. The second-order valence-corrected chi connectivity index (χ2v) is 15.4. The molecule has 0 bridgehead atoms. The summed E-state index contributed by atoms with van der Waals surface area (Å²) in [6, 6.07) is 5.27. The lowest BCUT2D eigenvalue weighted by Crippen LogP contribution is -2.58. The van der Waals surface area contributed by atoms with Crippen LogP contribution in [0.1, 0.15) is 68.9 Å². The molecule has 2 aliphatic carbocycles. The zero-order valence-corrected chi connectivity index (χ0v) is 27.9. The summed E-state index contributed by atoms with van der Waals surface area (Å²) in [4.78, 5) is 70.2. The van der Waals surface area contributed by atoms with Crippen molar-refractivity contribution in [3.8, 4) is 0 Å². The van der Waals surface area contributed by atoms with Crippen molar-refractivity contribution < 1.29 is 46.3 Å². The van der Waals surface area contributed by atoms with Crippen LogP contribution >= 0.6 is 0 Å². The van der Waals surface area contributed by atoms with Gasteiger partial charge in [-0.15, -0.1) is 0 Å². The number of amides is 5. The van der Waals surface area contributed by atoms with Crippen LogP contribution in [0.15, 0.2) is 36.4 Å². The minimum absolute atomic E-state index is 0.0955. The number of alkyl carbamates (subject to hydrolysis) is 1. The number of alkyl halides is 1. The topological polar surface area (TPSA) is 181 Å². The van der Waals surface area contributed by atoms with Gasteiger partial charge in [-0.1, -0.05) is 49.3 Å². The van der Waals surface area contributed by atoms with Gasteiger partial charge >= 0.3 is 12.2 Å². The number of fused-ring (bicyclic) bond motifs is 3. The molecule has 1 aromatic rings. The summed E-state index contributed by atoms with van der Waals surface area (Å²) >= 11 is 0. The Hall–Kier alpha value is -4.21. The molecule has 3 N–H and O–H groups in total. The predicted molar refractivity (Wildman–Crippen MR) is 172 cm³/mol. The van der Waals surface area contributed by atoms with E-state index < -0.39 is 88.1 Å². The Labute approximate surface area is 284 Å². The van der Waals surface area contributed by atoms with Gasteiger partial charge in [0.2, 0.25) is 21.8 Å². The highest BCUT2D eigenvalue weighted by Crippen LogP contribution is 2.46. The predicted octanol–water partition coefficient (Wildman–Crippen LogP) is 2.18. The van der Waals surface area contributed by atoms with Crippen molar-refractivity contribution in [1.82, 2.24) is 25.2 Å². The van der Waals surface area contributed by atoms with Crippen molar-refractivity contribution in [2.75, 3.05) is 19.8 Å². The van der Waals surface area contributed by atoms with Crippen LogP contribution in [0.25, 0.3) is 0 Å². The van der Waals surface area contributed by atoms with Crippen molar-refractivity contribution in [2.24, 2.45) is 5.92 Å². The Balaban J connectivity index is 1.24. The van der Waals surface area contributed by atoms with E-state index in [9.17, 15) is 36.8 Å². The van der Waals surface area contributed by atoms with Crippen molar-refractivity contribution in [2.45, 2.75) is 99.9 Å². The first-order chi connectivity index (χ1) is 23.5. The normalized spacial score (nSPS) is 29.2. The minimum atomic E-state index is -3.91. The van der Waals surface area contributed by atoms with Crippen LogP contribution in [0.3, 0.4) is 0 Å². The van der Waals surface area contributed by atoms with Crippen LogP contribution in [-0.2, 0) is 47.0 Å². The number of nitrogens with one attached hydrogen (secondary N) is 3. The fourth-order valence-corrected chi connectivity index (χ4v) is 8.21. The van der Waals surface area contributed by atoms with E-state index in [0.717, 1.165) is 17.5 Å². The van der Waals surface area contributed by atoms with E-state index >= 15 is 0 Å². The second kappa shape index (κ2) is 14.3. The second-order valence-electron chi connectivity index (χ2n) is 13.4. The zero-order chi connectivity index (χ0) is 34.8. The van der Waals surface area contributed by atoms with E-state index in [1.54, 1.807) is 0 Å². The Morgan fingerprint density at radius 2 is 1.78 bits per heavy atom. The molecule has 6 rings (SSSR count). The van der Waals surface area contributed by atoms with Crippen molar-refractivity contribution in [3.63, 3.8) is 0 Å². The fraction of sp³-hybridized carbons (Fsp3) is 0.606. The van der Waals surface area contributed by atoms with E-state index in [0.29, 0.717) is 45.2 Å². The zero-order valence-electron chi connectivity index (χ0n) is 27.1. The molecule has 5 atom stereocenters. The molecule has 3 aliphatic heterocycles. The molecule has 3 fully saturated rings. The summed E-state index contributed by atoms with van der Waals surface area (Å²) in [6.07, 6.45) is 5.01. The average Bonchev–Trinajstić information content (AvgIpc) is 3.96. The number of halogens is 1. The van der Waals surface area contributed by atoms with Crippen molar-refractivity contribution in [3.05, 3.63) is 47.5 Å². The third-order valence-electron chi connectivity index (χ3n) is 9.81. The van der Waals surface area contributed by atoms with Gasteiger partial charge in [0, 0.05) is 25.4 Å². The number of sulfonamides is 1. The van der Waals surface area contributed by atoms with Gasteiger partial charge in [-0.05, 0) is 49.7 Å². The number of carbonyl (C=O) groups excluding carboxylic acids is 5. The highest BCUT2D eigenvalue weighted by Gasteiger charge is 2.62. The molecular weight excluding hydrogens is 661 g/mol. The molecule has 266 valence electrons. The first-order valence-electron chi connectivity index (χ1n) is 16.9. The minimum Gasteiger partial charge on any atom is -0.447 e. The molecule has 5 amide bonds. The summed E-state index contributed by atoms with van der Waals surface area (Å²) < 4.78 is 50.9. The first-order valence-corrected chi connectivity index (χ1v) is 18.4. The number of ether oxygens (including phenoxy) is 2. The maximum absolute atomic E-state index is 14.1. The van der Waals surface area contributed by atoms with Crippen LogP contribution in [-0.4, -0.2) is 96.9 Å². The monoisotopic (exact) mass is 703 g/mol. The molecule has 5 aliphatic rings. The van der Waals surface area contributed by atoms with Gasteiger partial charge in [0.1, 0.15) is 37.0 Å². The number of carbonyl (C=O) groups is 5. The summed E-state index contributed by atoms with van der Waals surface area (Å²) in [5.74, 6) is -2.65. The van der Waals surface area contributed by atoms with E-state index in [4.69, 9.17) is 9.47 Å². The molecule has 0 spiro atoms. The number of hydrogen-bond donors (Lipinski definition) is 3. The average molecular weight is 704 g/mol. The van der Waals surface area contributed by atoms with Gasteiger partial charge in [-0.25, -0.2) is 22.4 Å². The van der Waals surface area contributed by atoms with Gasteiger partial charge < -0.3 is 25.0 Å². The SMILES string of the molecule is O=C(N[C@H]1CCCCC/C=C\[C@H]2C[C@@]2(C(=O)NS(=O)(=O)C2CC2)NC(=O)[C@@H]2C[C@@H](OC(=O)N3Cc4ccccc4C3)CN2C1=O)OCCF. The molecule has 1 saturated heterocycles. The highest BCUT2D eigenvalue weighted by atomic mass is 32.2. The van der Waals surface area contributed by atoms with Gasteiger partial charge in [0.05, 0.1) is 11.8 Å². The number of nitrogens with zero attached hydrogens (tertiary/aromatic N) is 2. The van der Waals surface area contributed by atoms with E-state index in [1.165, 1.54) is 9.80 Å².